The van der Waals surface area contributed by atoms with Crippen molar-refractivity contribution < 1.29 is 18.3 Å². The van der Waals surface area contributed by atoms with Gasteiger partial charge in [0.05, 0.1) is 10.5 Å². The zero-order chi connectivity index (χ0) is 15.8. The number of halogens is 1. The van der Waals surface area contributed by atoms with E-state index in [1.807, 2.05) is 0 Å². The number of carboxylic acid groups (broad SMARTS) is 1. The lowest BCUT2D eigenvalue weighted by molar-refractivity contribution is 0.0695. The van der Waals surface area contributed by atoms with E-state index < -0.39 is 16.0 Å². The van der Waals surface area contributed by atoms with E-state index in [2.05, 4.69) is 22.9 Å². The highest BCUT2D eigenvalue weighted by Crippen LogP contribution is 2.29. The van der Waals surface area contributed by atoms with E-state index in [-0.39, 0.29) is 10.5 Å². The van der Waals surface area contributed by atoms with Crippen molar-refractivity contribution in [3.63, 3.8) is 0 Å². The molecule has 7 heteroatoms. The van der Waals surface area contributed by atoms with E-state index in [1.54, 1.807) is 6.92 Å². The lowest BCUT2D eigenvalue weighted by atomic mass is 10.0. The first kappa shape index (κ1) is 16.5. The summed E-state index contributed by atoms with van der Waals surface area (Å²) in [5.74, 6) is -0.603. The van der Waals surface area contributed by atoms with Gasteiger partial charge in [-0.1, -0.05) is 22.9 Å². The third-order valence-electron chi connectivity index (χ3n) is 3.93. The highest BCUT2D eigenvalue weighted by Gasteiger charge is 2.29. The lowest BCUT2D eigenvalue weighted by Crippen LogP contribution is -2.38. The van der Waals surface area contributed by atoms with Gasteiger partial charge >= 0.3 is 5.97 Å². The second-order valence-corrected chi connectivity index (χ2v) is 8.26. The van der Waals surface area contributed by atoms with Crippen LogP contribution in [0.15, 0.2) is 21.5 Å². The Balaban J connectivity index is 2.43. The highest BCUT2D eigenvalue weighted by atomic mass is 79.9. The van der Waals surface area contributed by atoms with Crippen LogP contribution in [0.25, 0.3) is 0 Å². The average Bonchev–Trinajstić information content (AvgIpc) is 2.41. The van der Waals surface area contributed by atoms with Crippen LogP contribution in [0.1, 0.15) is 35.7 Å². The quantitative estimate of drug-likeness (QED) is 0.880. The SMILES string of the molecule is Cc1c(Br)cc(S(=O)(=O)N2CCC(C)CC2)cc1C(=O)O. The minimum Gasteiger partial charge on any atom is -0.478 e. The third kappa shape index (κ3) is 3.30. The van der Waals surface area contributed by atoms with Gasteiger partial charge in [0.15, 0.2) is 0 Å². The minimum absolute atomic E-state index is 0.00771. The number of hydrogen-bond acceptors (Lipinski definition) is 3. The molecule has 1 N–H and O–H groups in total. The normalized spacial score (nSPS) is 17.9. The molecule has 21 heavy (non-hydrogen) atoms. The number of hydrogen-bond donors (Lipinski definition) is 1. The van der Waals surface area contributed by atoms with Crippen LogP contribution >= 0.6 is 15.9 Å². The first-order chi connectivity index (χ1) is 9.73. The number of carboxylic acids is 1. The Bertz CT molecular complexity index is 664. The third-order valence-corrected chi connectivity index (χ3v) is 6.63. The fraction of sp³-hybridized carbons (Fsp3) is 0.500. The zero-order valence-electron chi connectivity index (χ0n) is 12.0. The lowest BCUT2D eigenvalue weighted by Gasteiger charge is -2.29. The maximum absolute atomic E-state index is 12.6. The summed E-state index contributed by atoms with van der Waals surface area (Å²) >= 11 is 3.24. The number of rotatable bonds is 3. The van der Waals surface area contributed by atoms with Crippen LogP contribution in [0.4, 0.5) is 0 Å². The second kappa shape index (κ2) is 6.06. The zero-order valence-corrected chi connectivity index (χ0v) is 14.4. The van der Waals surface area contributed by atoms with Gasteiger partial charge < -0.3 is 5.11 Å². The van der Waals surface area contributed by atoms with Gasteiger partial charge in [-0.25, -0.2) is 13.2 Å². The summed E-state index contributed by atoms with van der Waals surface area (Å²) in [5, 5.41) is 9.20. The molecule has 1 fully saturated rings. The predicted molar refractivity (Wildman–Crippen MR) is 83.0 cm³/mol. The van der Waals surface area contributed by atoms with Crippen LogP contribution in [0.2, 0.25) is 0 Å². The molecule has 0 radical (unpaired) electrons. The smallest absolute Gasteiger partial charge is 0.336 e. The van der Waals surface area contributed by atoms with E-state index in [1.165, 1.54) is 16.4 Å². The van der Waals surface area contributed by atoms with Crippen molar-refractivity contribution in [2.45, 2.75) is 31.6 Å². The topological polar surface area (TPSA) is 74.7 Å². The van der Waals surface area contributed by atoms with E-state index in [0.29, 0.717) is 29.0 Å². The summed E-state index contributed by atoms with van der Waals surface area (Å²) in [6.45, 7) is 4.72. The first-order valence-corrected chi connectivity index (χ1v) is 9.00. The van der Waals surface area contributed by atoms with Gasteiger partial charge in [0.25, 0.3) is 0 Å². The fourth-order valence-electron chi connectivity index (χ4n) is 2.40. The highest BCUT2D eigenvalue weighted by molar-refractivity contribution is 9.10. The number of aromatic carboxylic acids is 1. The van der Waals surface area contributed by atoms with Gasteiger partial charge in [-0.2, -0.15) is 4.31 Å². The standard InChI is InChI=1S/C14H18BrNO4S/c1-9-3-5-16(6-4-9)21(19,20)11-7-12(14(17)18)10(2)13(15)8-11/h7-9H,3-6H2,1-2H3,(H,17,18). The molecule has 116 valence electrons. The van der Waals surface area contributed by atoms with Crippen LogP contribution in [0.3, 0.4) is 0 Å². The van der Waals surface area contributed by atoms with Gasteiger partial charge in [-0.3, -0.25) is 0 Å². The summed E-state index contributed by atoms with van der Waals surface area (Å²) in [7, 11) is -3.64. The van der Waals surface area contributed by atoms with Crippen LogP contribution in [-0.4, -0.2) is 36.9 Å². The van der Waals surface area contributed by atoms with Crippen LogP contribution < -0.4 is 0 Å². The molecule has 1 heterocycles. The Hall–Kier alpha value is -0.920. The van der Waals surface area contributed by atoms with Crippen LogP contribution in [0.5, 0.6) is 0 Å². The molecule has 0 saturated carbocycles. The summed E-state index contributed by atoms with van der Waals surface area (Å²) < 4.78 is 27.2. The van der Waals surface area contributed by atoms with E-state index in [0.717, 1.165) is 12.8 Å². The summed E-state index contributed by atoms with van der Waals surface area (Å²) in [6, 6.07) is 2.73. The molecule has 0 atom stereocenters. The molecule has 0 aliphatic carbocycles. The molecule has 1 aromatic carbocycles. The van der Waals surface area contributed by atoms with E-state index in [4.69, 9.17) is 0 Å². The van der Waals surface area contributed by atoms with Crippen molar-refractivity contribution in [2.75, 3.05) is 13.1 Å². The van der Waals surface area contributed by atoms with Crippen molar-refractivity contribution in [3.05, 3.63) is 27.7 Å². The number of carbonyl (C=O) groups is 1. The number of benzene rings is 1. The van der Waals surface area contributed by atoms with Crippen molar-refractivity contribution in [1.82, 2.24) is 4.31 Å². The Morgan fingerprint density at radius 2 is 1.90 bits per heavy atom. The van der Waals surface area contributed by atoms with E-state index in [9.17, 15) is 18.3 Å². The molecule has 0 amide bonds. The van der Waals surface area contributed by atoms with Crippen molar-refractivity contribution in [2.24, 2.45) is 5.92 Å². The molecule has 1 aliphatic rings. The Morgan fingerprint density at radius 3 is 2.43 bits per heavy atom. The van der Waals surface area contributed by atoms with Crippen molar-refractivity contribution in [3.8, 4) is 0 Å². The first-order valence-electron chi connectivity index (χ1n) is 6.77. The van der Waals surface area contributed by atoms with Gasteiger partial charge in [0.1, 0.15) is 0 Å². The molecule has 0 unspecified atom stereocenters. The average molecular weight is 376 g/mol. The van der Waals surface area contributed by atoms with Crippen molar-refractivity contribution in [1.29, 1.82) is 0 Å². The van der Waals surface area contributed by atoms with Gasteiger partial charge in [0.2, 0.25) is 10.0 Å². The molecule has 2 rings (SSSR count). The Kier molecular flexibility index (Phi) is 4.75. The second-order valence-electron chi connectivity index (χ2n) is 5.47. The van der Waals surface area contributed by atoms with E-state index >= 15 is 0 Å². The number of sulfonamides is 1. The molecule has 5 nitrogen and oxygen atoms in total. The van der Waals surface area contributed by atoms with Crippen LogP contribution in [0, 0.1) is 12.8 Å². The predicted octanol–water partition coefficient (Wildman–Crippen LogP) is 2.88. The van der Waals surface area contributed by atoms with Gasteiger partial charge in [-0.05, 0) is 43.4 Å². The molecule has 1 aromatic rings. The fourth-order valence-corrected chi connectivity index (χ4v) is 4.53. The number of piperidine rings is 1. The molecule has 0 spiro atoms. The summed E-state index contributed by atoms with van der Waals surface area (Å²) in [6.07, 6.45) is 1.66. The summed E-state index contributed by atoms with van der Waals surface area (Å²) in [5.41, 5.74) is 0.530. The Labute approximate surface area is 133 Å². The molecule has 0 aromatic heterocycles. The monoisotopic (exact) mass is 375 g/mol. The molecule has 1 aliphatic heterocycles. The molecule has 0 bridgehead atoms. The van der Waals surface area contributed by atoms with Crippen LogP contribution in [-0.2, 0) is 10.0 Å². The number of nitrogens with zero attached hydrogens (tertiary/aromatic N) is 1. The van der Waals surface area contributed by atoms with Gasteiger partial charge in [0, 0.05) is 17.6 Å². The minimum atomic E-state index is -3.64. The molecular formula is C14H18BrNO4S. The maximum Gasteiger partial charge on any atom is 0.336 e. The largest absolute Gasteiger partial charge is 0.478 e. The summed E-state index contributed by atoms with van der Waals surface area (Å²) in [4.78, 5) is 11.3. The molecule has 1 saturated heterocycles. The van der Waals surface area contributed by atoms with Gasteiger partial charge in [-0.15, -0.1) is 0 Å². The maximum atomic E-state index is 12.6. The Morgan fingerprint density at radius 1 is 1.33 bits per heavy atom. The van der Waals surface area contributed by atoms with Crippen molar-refractivity contribution >= 4 is 31.9 Å². The molecular weight excluding hydrogens is 358 g/mol.